The van der Waals surface area contributed by atoms with Crippen molar-refractivity contribution in [3.8, 4) is 0 Å². The van der Waals surface area contributed by atoms with Crippen molar-refractivity contribution in [2.45, 2.75) is 32.0 Å². The van der Waals surface area contributed by atoms with Crippen molar-refractivity contribution in [3.63, 3.8) is 0 Å². The van der Waals surface area contributed by atoms with Gasteiger partial charge in [0.1, 0.15) is 5.76 Å². The maximum atomic E-state index is 12.9. The van der Waals surface area contributed by atoms with E-state index in [1.165, 1.54) is 0 Å². The van der Waals surface area contributed by atoms with Crippen molar-refractivity contribution in [3.05, 3.63) is 40.1 Å². The van der Waals surface area contributed by atoms with E-state index in [1.807, 2.05) is 13.0 Å². The summed E-state index contributed by atoms with van der Waals surface area (Å²) in [6.07, 6.45) is 1.73. The Morgan fingerprint density at radius 1 is 1.27 bits per heavy atom. The number of halogens is 1. The number of Topliss-reactive ketones (excluding diaryl/α,β-unsaturated/α-hetero) is 1. The van der Waals surface area contributed by atoms with Crippen molar-refractivity contribution in [1.29, 1.82) is 0 Å². The predicted molar refractivity (Wildman–Crippen MR) is 80.1 cm³/mol. The molecule has 2 bridgehead atoms. The maximum Gasteiger partial charge on any atom is 0.298 e. The first-order chi connectivity index (χ1) is 10.6. The van der Waals surface area contributed by atoms with Gasteiger partial charge in [-0.05, 0) is 43.0 Å². The highest BCUT2D eigenvalue weighted by Crippen LogP contribution is 2.54. The van der Waals surface area contributed by atoms with Gasteiger partial charge in [-0.2, -0.15) is 0 Å². The van der Waals surface area contributed by atoms with Crippen LogP contribution in [0.15, 0.2) is 24.0 Å². The number of allylic oxidation sites excluding steroid dienone is 1. The zero-order chi connectivity index (χ0) is 15.4. The second kappa shape index (κ2) is 4.93. The monoisotopic (exact) mass is 318 g/mol. The van der Waals surface area contributed by atoms with Crippen LogP contribution in [0.3, 0.4) is 0 Å². The fourth-order valence-electron chi connectivity index (χ4n) is 4.12. The summed E-state index contributed by atoms with van der Waals surface area (Å²) >= 11 is 6.09. The summed E-state index contributed by atoms with van der Waals surface area (Å²) in [6, 6.07) is 5.42. The molecule has 3 aliphatic rings. The van der Waals surface area contributed by atoms with Gasteiger partial charge < -0.3 is 9.47 Å². The molecule has 2 heterocycles. The zero-order valence-electron chi connectivity index (χ0n) is 12.0. The lowest BCUT2D eigenvalue weighted by atomic mass is 9.80. The van der Waals surface area contributed by atoms with Crippen molar-refractivity contribution in [2.24, 2.45) is 11.8 Å². The molecule has 2 saturated heterocycles. The van der Waals surface area contributed by atoms with Crippen LogP contribution < -0.4 is 0 Å². The average Bonchev–Trinajstić information content (AvgIpc) is 3.16. The van der Waals surface area contributed by atoms with Crippen LogP contribution >= 0.6 is 11.6 Å². The fraction of sp³-hybridized carbons (Fsp3) is 0.412. The number of hydrogen-bond donors (Lipinski definition) is 0. The first-order valence-corrected chi connectivity index (χ1v) is 7.80. The van der Waals surface area contributed by atoms with Crippen LogP contribution in [-0.2, 0) is 19.1 Å². The first-order valence-electron chi connectivity index (χ1n) is 7.42. The summed E-state index contributed by atoms with van der Waals surface area (Å²) in [5, 5.41) is 0.558. The molecule has 0 spiro atoms. The molecule has 22 heavy (non-hydrogen) atoms. The minimum atomic E-state index is -0.220. The Labute approximate surface area is 133 Å². The SMILES string of the molecule is Cc1ccc(Cl)cc1C1=C(OC=O)[C@@H]2C3CCC(O3)[C@@H]2C1=O. The number of benzene rings is 1. The summed E-state index contributed by atoms with van der Waals surface area (Å²) in [5.74, 6) is 0.119. The molecular weight excluding hydrogens is 304 g/mol. The molecule has 5 heteroatoms. The number of hydrogen-bond acceptors (Lipinski definition) is 4. The summed E-state index contributed by atoms with van der Waals surface area (Å²) in [5.41, 5.74) is 2.19. The van der Waals surface area contributed by atoms with Crippen LogP contribution in [0.25, 0.3) is 5.57 Å². The Morgan fingerprint density at radius 3 is 2.73 bits per heavy atom. The molecule has 2 fully saturated rings. The van der Waals surface area contributed by atoms with Gasteiger partial charge in [0.05, 0.1) is 29.6 Å². The molecule has 2 unspecified atom stereocenters. The smallest absolute Gasteiger partial charge is 0.298 e. The highest BCUT2D eigenvalue weighted by atomic mass is 35.5. The molecule has 4 atom stereocenters. The van der Waals surface area contributed by atoms with E-state index in [1.54, 1.807) is 12.1 Å². The van der Waals surface area contributed by atoms with Gasteiger partial charge in [0.2, 0.25) is 0 Å². The molecular formula is C17H15ClO4. The standard InChI is InChI=1S/C17H15ClO4/c1-8-2-3-9(18)6-10(8)13-16(20)14-11-4-5-12(22-11)15(14)17(13)21-7-19/h2-3,6-7,11-12,14-15H,4-5H2,1H3/t11?,12?,14-,15+/m0/s1. The van der Waals surface area contributed by atoms with Crippen LogP contribution in [0.2, 0.25) is 5.02 Å². The lowest BCUT2D eigenvalue weighted by Gasteiger charge is -2.20. The topological polar surface area (TPSA) is 52.6 Å². The van der Waals surface area contributed by atoms with Crippen LogP contribution in [0, 0.1) is 18.8 Å². The van der Waals surface area contributed by atoms with Crippen LogP contribution in [0.5, 0.6) is 0 Å². The fourth-order valence-corrected chi connectivity index (χ4v) is 4.29. The van der Waals surface area contributed by atoms with Gasteiger partial charge in [-0.15, -0.1) is 0 Å². The van der Waals surface area contributed by atoms with Gasteiger partial charge in [0.25, 0.3) is 6.47 Å². The van der Waals surface area contributed by atoms with E-state index in [2.05, 4.69) is 0 Å². The van der Waals surface area contributed by atoms with Gasteiger partial charge in [0.15, 0.2) is 5.78 Å². The van der Waals surface area contributed by atoms with Gasteiger partial charge in [0, 0.05) is 5.02 Å². The Bertz CT molecular complexity index is 709. The van der Waals surface area contributed by atoms with Gasteiger partial charge >= 0.3 is 0 Å². The van der Waals surface area contributed by atoms with Crippen LogP contribution in [0.4, 0.5) is 0 Å². The molecule has 1 aromatic rings. The summed E-state index contributed by atoms with van der Waals surface area (Å²) in [6.45, 7) is 2.32. The van der Waals surface area contributed by atoms with E-state index in [-0.39, 0.29) is 29.8 Å². The molecule has 4 rings (SSSR count). The molecule has 2 aliphatic heterocycles. The van der Waals surface area contributed by atoms with Crippen molar-refractivity contribution < 1.29 is 19.1 Å². The van der Waals surface area contributed by atoms with E-state index < -0.39 is 0 Å². The molecule has 4 nitrogen and oxygen atoms in total. The molecule has 1 aliphatic carbocycles. The molecule has 114 valence electrons. The van der Waals surface area contributed by atoms with Crippen LogP contribution in [-0.4, -0.2) is 24.5 Å². The number of carbonyl (C=O) groups is 2. The third-order valence-corrected chi connectivity index (χ3v) is 5.25. The third kappa shape index (κ3) is 1.80. The predicted octanol–water partition coefficient (Wildman–Crippen LogP) is 2.91. The van der Waals surface area contributed by atoms with Gasteiger partial charge in [-0.3, -0.25) is 9.59 Å². The van der Waals surface area contributed by atoms with E-state index >= 15 is 0 Å². The van der Waals surface area contributed by atoms with Crippen molar-refractivity contribution >= 4 is 29.4 Å². The summed E-state index contributed by atoms with van der Waals surface area (Å²) in [4.78, 5) is 23.9. The number of fused-ring (bicyclic) bond motifs is 5. The number of ether oxygens (including phenoxy) is 2. The third-order valence-electron chi connectivity index (χ3n) is 5.02. The second-order valence-electron chi connectivity index (χ2n) is 6.12. The first kappa shape index (κ1) is 14.0. The number of carbonyl (C=O) groups excluding carboxylic acids is 2. The molecule has 0 N–H and O–H groups in total. The quantitative estimate of drug-likeness (QED) is 0.804. The van der Waals surface area contributed by atoms with Crippen molar-refractivity contribution in [2.75, 3.05) is 0 Å². The van der Waals surface area contributed by atoms with Crippen LogP contribution in [0.1, 0.15) is 24.0 Å². The Hall–Kier alpha value is -1.65. The highest BCUT2D eigenvalue weighted by molar-refractivity contribution is 6.31. The Morgan fingerprint density at radius 2 is 2.00 bits per heavy atom. The van der Waals surface area contributed by atoms with E-state index in [4.69, 9.17) is 21.1 Å². The van der Waals surface area contributed by atoms with E-state index in [0.717, 1.165) is 24.0 Å². The molecule has 0 radical (unpaired) electrons. The number of aryl methyl sites for hydroxylation is 1. The summed E-state index contributed by atoms with van der Waals surface area (Å²) < 4.78 is 11.1. The molecule has 0 aromatic heterocycles. The van der Waals surface area contributed by atoms with Gasteiger partial charge in [-0.1, -0.05) is 17.7 Å². The maximum absolute atomic E-state index is 12.9. The Balaban J connectivity index is 1.89. The normalized spacial score (nSPS) is 32.5. The largest absolute Gasteiger partial charge is 0.432 e. The number of rotatable bonds is 3. The average molecular weight is 319 g/mol. The highest BCUT2D eigenvalue weighted by Gasteiger charge is 2.59. The van der Waals surface area contributed by atoms with E-state index in [0.29, 0.717) is 22.8 Å². The molecule has 0 saturated carbocycles. The van der Waals surface area contributed by atoms with E-state index in [9.17, 15) is 9.59 Å². The summed E-state index contributed by atoms with van der Waals surface area (Å²) in [7, 11) is 0. The van der Waals surface area contributed by atoms with Crippen molar-refractivity contribution in [1.82, 2.24) is 0 Å². The minimum absolute atomic E-state index is 0.0133. The molecule has 1 aromatic carbocycles. The Kier molecular flexibility index (Phi) is 3.13. The lowest BCUT2D eigenvalue weighted by Crippen LogP contribution is -2.29. The zero-order valence-corrected chi connectivity index (χ0v) is 12.8. The molecule has 0 amide bonds. The minimum Gasteiger partial charge on any atom is -0.432 e. The van der Waals surface area contributed by atoms with Gasteiger partial charge in [-0.25, -0.2) is 0 Å². The lowest BCUT2D eigenvalue weighted by molar-refractivity contribution is -0.126. The second-order valence-corrected chi connectivity index (χ2v) is 6.56. The number of ketones is 1.